The van der Waals surface area contributed by atoms with Crippen LogP contribution in [-0.2, 0) is 0 Å². The van der Waals surface area contributed by atoms with Crippen molar-refractivity contribution in [3.8, 4) is 0 Å². The molecular weight excluding hydrogens is 164 g/mol. The number of nitrogens with two attached hydrogens (primary N) is 2. The van der Waals surface area contributed by atoms with Crippen LogP contribution in [0.1, 0.15) is 6.42 Å². The molecule has 1 aliphatic heterocycles. The van der Waals surface area contributed by atoms with Crippen LogP contribution in [0.3, 0.4) is 0 Å². The highest BCUT2D eigenvalue weighted by Gasteiger charge is 2.14. The fraction of sp³-hybridized carbons (Fsp3) is 1.00. The summed E-state index contributed by atoms with van der Waals surface area (Å²) in [5, 5.41) is 0. The summed E-state index contributed by atoms with van der Waals surface area (Å²) in [5.41, 5.74) is 11.0. The van der Waals surface area contributed by atoms with Crippen molar-refractivity contribution in [3.05, 3.63) is 0 Å². The van der Waals surface area contributed by atoms with Gasteiger partial charge in [0.25, 0.3) is 0 Å². The molecule has 0 amide bonds. The van der Waals surface area contributed by atoms with E-state index in [9.17, 15) is 0 Å². The first-order valence-corrected chi connectivity index (χ1v) is 5.21. The zero-order valence-electron chi connectivity index (χ0n) is 8.41. The minimum atomic E-state index is 0.781. The highest BCUT2D eigenvalue weighted by atomic mass is 15.3. The van der Waals surface area contributed by atoms with Crippen LogP contribution in [0.15, 0.2) is 0 Å². The second-order valence-electron chi connectivity index (χ2n) is 3.61. The Morgan fingerprint density at radius 1 is 0.769 bits per heavy atom. The average Bonchev–Trinajstić information content (AvgIpc) is 2.17. The lowest BCUT2D eigenvalue weighted by Crippen LogP contribution is -2.48. The number of hydrogen-bond acceptors (Lipinski definition) is 4. The third-order valence-corrected chi connectivity index (χ3v) is 2.59. The molecule has 0 saturated carbocycles. The van der Waals surface area contributed by atoms with E-state index >= 15 is 0 Å². The maximum Gasteiger partial charge on any atom is 0.0110 e. The quantitative estimate of drug-likeness (QED) is 0.573. The first kappa shape index (κ1) is 10.9. The van der Waals surface area contributed by atoms with E-state index in [0.29, 0.717) is 0 Å². The van der Waals surface area contributed by atoms with Crippen molar-refractivity contribution >= 4 is 0 Å². The molecule has 78 valence electrons. The second kappa shape index (κ2) is 6.32. The minimum Gasteiger partial charge on any atom is -0.330 e. The summed E-state index contributed by atoms with van der Waals surface area (Å²) in [6.45, 7) is 8.49. The Hall–Kier alpha value is -0.160. The molecule has 4 nitrogen and oxygen atoms in total. The molecule has 13 heavy (non-hydrogen) atoms. The first-order chi connectivity index (χ1) is 6.36. The van der Waals surface area contributed by atoms with Gasteiger partial charge in [0.05, 0.1) is 0 Å². The Bertz CT molecular complexity index is 121. The van der Waals surface area contributed by atoms with Crippen LogP contribution >= 0.6 is 0 Å². The van der Waals surface area contributed by atoms with E-state index in [-0.39, 0.29) is 0 Å². The lowest BCUT2D eigenvalue weighted by Gasteiger charge is -2.34. The third-order valence-electron chi connectivity index (χ3n) is 2.59. The molecule has 0 aliphatic carbocycles. The van der Waals surface area contributed by atoms with Crippen molar-refractivity contribution in [1.29, 1.82) is 0 Å². The monoisotopic (exact) mass is 186 g/mol. The van der Waals surface area contributed by atoms with Crippen molar-refractivity contribution in [3.63, 3.8) is 0 Å². The molecule has 0 aromatic heterocycles. The maximum atomic E-state index is 5.50. The van der Waals surface area contributed by atoms with E-state index in [1.807, 2.05) is 0 Å². The van der Waals surface area contributed by atoms with Crippen molar-refractivity contribution < 1.29 is 0 Å². The second-order valence-corrected chi connectivity index (χ2v) is 3.61. The highest BCUT2D eigenvalue weighted by Crippen LogP contribution is 2.00. The number of piperazine rings is 1. The van der Waals surface area contributed by atoms with Crippen LogP contribution < -0.4 is 11.5 Å². The number of hydrogen-bond donors (Lipinski definition) is 2. The van der Waals surface area contributed by atoms with E-state index in [1.54, 1.807) is 0 Å². The minimum absolute atomic E-state index is 0.781. The van der Waals surface area contributed by atoms with E-state index < -0.39 is 0 Å². The predicted molar refractivity (Wildman–Crippen MR) is 55.6 cm³/mol. The molecule has 0 spiro atoms. The van der Waals surface area contributed by atoms with Gasteiger partial charge in [0.1, 0.15) is 0 Å². The van der Waals surface area contributed by atoms with Crippen LogP contribution in [0.2, 0.25) is 0 Å². The fourth-order valence-electron chi connectivity index (χ4n) is 1.73. The lowest BCUT2D eigenvalue weighted by atomic mass is 10.3. The Morgan fingerprint density at radius 2 is 1.31 bits per heavy atom. The summed E-state index contributed by atoms with van der Waals surface area (Å²) in [6, 6.07) is 0. The molecule has 0 aromatic carbocycles. The molecule has 0 bridgehead atoms. The largest absolute Gasteiger partial charge is 0.330 e. The summed E-state index contributed by atoms with van der Waals surface area (Å²) in [7, 11) is 0. The van der Waals surface area contributed by atoms with Crippen LogP contribution in [0.5, 0.6) is 0 Å². The first-order valence-electron chi connectivity index (χ1n) is 5.21. The zero-order chi connectivity index (χ0) is 9.52. The molecule has 1 rings (SSSR count). The van der Waals surface area contributed by atoms with Gasteiger partial charge in [-0.3, -0.25) is 4.90 Å². The van der Waals surface area contributed by atoms with Gasteiger partial charge in [0.2, 0.25) is 0 Å². The van der Waals surface area contributed by atoms with Gasteiger partial charge < -0.3 is 16.4 Å². The molecule has 1 aliphatic rings. The Kier molecular flexibility index (Phi) is 5.31. The summed E-state index contributed by atoms with van der Waals surface area (Å²) in [6.07, 6.45) is 1.12. The normalized spacial score (nSPS) is 20.8. The fourth-order valence-corrected chi connectivity index (χ4v) is 1.73. The Labute approximate surface area is 80.9 Å². The molecule has 1 saturated heterocycles. The lowest BCUT2D eigenvalue weighted by molar-refractivity contribution is 0.135. The predicted octanol–water partition coefficient (Wildman–Crippen LogP) is -1.09. The maximum absolute atomic E-state index is 5.50. The van der Waals surface area contributed by atoms with Gasteiger partial charge in [-0.2, -0.15) is 0 Å². The van der Waals surface area contributed by atoms with Crippen LogP contribution in [0, 0.1) is 0 Å². The van der Waals surface area contributed by atoms with E-state index in [1.165, 1.54) is 26.2 Å². The molecule has 0 unspecified atom stereocenters. The van der Waals surface area contributed by atoms with E-state index in [4.69, 9.17) is 11.5 Å². The van der Waals surface area contributed by atoms with Gasteiger partial charge >= 0.3 is 0 Å². The molecule has 1 fully saturated rings. The molecule has 4 heteroatoms. The highest BCUT2D eigenvalue weighted by molar-refractivity contribution is 4.71. The van der Waals surface area contributed by atoms with Gasteiger partial charge in [-0.05, 0) is 19.5 Å². The van der Waals surface area contributed by atoms with Crippen molar-refractivity contribution in [2.45, 2.75) is 6.42 Å². The standard InChI is InChI=1S/C9H22N4/c10-2-1-4-12-6-8-13(5-3-11)9-7-12/h1-11H2. The van der Waals surface area contributed by atoms with Gasteiger partial charge in [-0.25, -0.2) is 0 Å². The zero-order valence-corrected chi connectivity index (χ0v) is 8.41. The Morgan fingerprint density at radius 3 is 1.77 bits per heavy atom. The van der Waals surface area contributed by atoms with Gasteiger partial charge in [-0.15, -0.1) is 0 Å². The molecule has 1 heterocycles. The average molecular weight is 186 g/mol. The van der Waals surface area contributed by atoms with E-state index in [0.717, 1.165) is 32.6 Å². The summed E-state index contributed by atoms with van der Waals surface area (Å²) in [4.78, 5) is 4.92. The Balaban J connectivity index is 2.08. The van der Waals surface area contributed by atoms with Gasteiger partial charge in [-0.1, -0.05) is 0 Å². The SMILES string of the molecule is NCCCN1CCN(CCN)CC1. The molecular formula is C9H22N4. The summed E-state index contributed by atoms with van der Waals surface area (Å²) >= 11 is 0. The molecule has 0 aromatic rings. The molecule has 0 atom stereocenters. The summed E-state index contributed by atoms with van der Waals surface area (Å²) in [5.74, 6) is 0. The molecule has 0 radical (unpaired) electrons. The van der Waals surface area contributed by atoms with E-state index in [2.05, 4.69) is 9.80 Å². The van der Waals surface area contributed by atoms with Crippen molar-refractivity contribution in [2.75, 3.05) is 52.4 Å². The van der Waals surface area contributed by atoms with Crippen LogP contribution in [0.4, 0.5) is 0 Å². The number of nitrogens with zero attached hydrogens (tertiary/aromatic N) is 2. The topological polar surface area (TPSA) is 58.5 Å². The van der Waals surface area contributed by atoms with Gasteiger partial charge in [0, 0.05) is 39.3 Å². The summed E-state index contributed by atoms with van der Waals surface area (Å²) < 4.78 is 0. The van der Waals surface area contributed by atoms with Crippen molar-refractivity contribution in [1.82, 2.24) is 9.80 Å². The van der Waals surface area contributed by atoms with Crippen LogP contribution in [0.25, 0.3) is 0 Å². The molecule has 4 N–H and O–H groups in total. The third kappa shape index (κ3) is 4.04. The van der Waals surface area contributed by atoms with Crippen molar-refractivity contribution in [2.24, 2.45) is 11.5 Å². The van der Waals surface area contributed by atoms with Crippen LogP contribution in [-0.4, -0.2) is 62.2 Å². The smallest absolute Gasteiger partial charge is 0.0110 e. The van der Waals surface area contributed by atoms with Gasteiger partial charge in [0.15, 0.2) is 0 Å². The number of rotatable bonds is 5.